The number of rotatable bonds is 5. The van der Waals surface area contributed by atoms with Crippen LogP contribution in [0.1, 0.15) is 12.8 Å². The van der Waals surface area contributed by atoms with Crippen LogP contribution in [0.25, 0.3) is 11.4 Å². The van der Waals surface area contributed by atoms with E-state index >= 15 is 0 Å². The van der Waals surface area contributed by atoms with Crippen molar-refractivity contribution < 1.29 is 4.79 Å². The summed E-state index contributed by atoms with van der Waals surface area (Å²) in [6.45, 7) is 0.512. The molecule has 19 heavy (non-hydrogen) atoms. The number of carbonyl (C=O) groups is 1. The number of anilines is 1. The van der Waals surface area contributed by atoms with Gasteiger partial charge in [-0.1, -0.05) is 12.1 Å². The number of nitrogens with zero attached hydrogens (tertiary/aromatic N) is 4. The number of nitrogens with two attached hydrogens (primary N) is 1. The van der Waals surface area contributed by atoms with E-state index in [1.165, 1.54) is 0 Å². The molecule has 0 fully saturated rings. The van der Waals surface area contributed by atoms with E-state index in [2.05, 4.69) is 20.8 Å². The Morgan fingerprint density at radius 2 is 2.32 bits per heavy atom. The summed E-state index contributed by atoms with van der Waals surface area (Å²) in [5.74, 6) is 0.608. The maximum Gasteiger partial charge on any atom is 0.224 e. The van der Waals surface area contributed by atoms with Crippen molar-refractivity contribution in [1.82, 2.24) is 20.2 Å². The molecule has 0 radical (unpaired) electrons. The highest BCUT2D eigenvalue weighted by Gasteiger charge is 2.07. The van der Waals surface area contributed by atoms with Crippen LogP contribution < -0.4 is 11.1 Å². The summed E-state index contributed by atoms with van der Waals surface area (Å²) in [5, 5.41) is 14.1. The Kier molecular flexibility index (Phi) is 4.19. The number of aryl methyl sites for hydroxylation is 1. The highest BCUT2D eigenvalue weighted by atomic mass is 16.1. The summed E-state index contributed by atoms with van der Waals surface area (Å²) >= 11 is 0. The molecular weight excluding hydrogens is 244 g/mol. The highest BCUT2D eigenvalue weighted by Crippen LogP contribution is 2.19. The lowest BCUT2D eigenvalue weighted by molar-refractivity contribution is -0.116. The van der Waals surface area contributed by atoms with E-state index in [0.717, 1.165) is 11.3 Å². The predicted molar refractivity (Wildman–Crippen MR) is 71.2 cm³/mol. The molecule has 1 amide bonds. The van der Waals surface area contributed by atoms with Gasteiger partial charge in [-0.05, 0) is 35.5 Å². The van der Waals surface area contributed by atoms with E-state index in [9.17, 15) is 4.79 Å². The topological polar surface area (TPSA) is 98.7 Å². The number of tetrazole rings is 1. The molecule has 100 valence electrons. The number of carbonyl (C=O) groups excluding carboxylic acids is 1. The lowest BCUT2D eigenvalue weighted by atomic mass is 10.2. The van der Waals surface area contributed by atoms with Gasteiger partial charge in [-0.3, -0.25) is 4.79 Å². The summed E-state index contributed by atoms with van der Waals surface area (Å²) in [7, 11) is 1.77. The monoisotopic (exact) mass is 260 g/mol. The minimum atomic E-state index is -0.0429. The van der Waals surface area contributed by atoms with E-state index in [4.69, 9.17) is 5.73 Å². The van der Waals surface area contributed by atoms with Gasteiger partial charge in [-0.15, -0.1) is 5.10 Å². The second-order valence-corrected chi connectivity index (χ2v) is 4.15. The van der Waals surface area contributed by atoms with Crippen molar-refractivity contribution >= 4 is 11.6 Å². The van der Waals surface area contributed by atoms with Gasteiger partial charge in [0.15, 0.2) is 5.82 Å². The standard InChI is InChI=1S/C12H16N6O/c1-18-12(15-16-17-18)9-4-2-5-10(8-9)14-11(19)6-3-7-13/h2,4-5,8H,3,6-7,13H2,1H3,(H,14,19). The molecule has 0 aliphatic heterocycles. The minimum absolute atomic E-state index is 0.0429. The number of aromatic nitrogens is 4. The molecule has 2 rings (SSSR count). The van der Waals surface area contributed by atoms with Crippen molar-refractivity contribution in [2.75, 3.05) is 11.9 Å². The zero-order valence-electron chi connectivity index (χ0n) is 10.7. The predicted octanol–water partition coefficient (Wildman–Crippen LogP) is 0.554. The molecular formula is C12H16N6O. The van der Waals surface area contributed by atoms with Crippen LogP contribution in [-0.4, -0.2) is 32.7 Å². The van der Waals surface area contributed by atoms with E-state index in [-0.39, 0.29) is 5.91 Å². The summed E-state index contributed by atoms with van der Waals surface area (Å²) < 4.78 is 1.58. The third-order valence-electron chi connectivity index (χ3n) is 2.63. The average molecular weight is 260 g/mol. The average Bonchev–Trinajstić information content (AvgIpc) is 2.83. The first-order chi connectivity index (χ1) is 9.20. The maximum absolute atomic E-state index is 11.6. The van der Waals surface area contributed by atoms with Crippen molar-refractivity contribution in [3.8, 4) is 11.4 Å². The lowest BCUT2D eigenvalue weighted by Crippen LogP contribution is -2.13. The molecule has 1 aromatic heterocycles. The van der Waals surface area contributed by atoms with E-state index in [0.29, 0.717) is 25.2 Å². The fraction of sp³-hybridized carbons (Fsp3) is 0.333. The van der Waals surface area contributed by atoms with Gasteiger partial charge in [0.25, 0.3) is 0 Å². The maximum atomic E-state index is 11.6. The zero-order chi connectivity index (χ0) is 13.7. The molecule has 0 aliphatic carbocycles. The van der Waals surface area contributed by atoms with Crippen LogP contribution in [0, 0.1) is 0 Å². The molecule has 7 nitrogen and oxygen atoms in total. The first kappa shape index (κ1) is 13.2. The molecule has 0 unspecified atom stereocenters. The van der Waals surface area contributed by atoms with E-state index in [1.807, 2.05) is 24.3 Å². The van der Waals surface area contributed by atoms with Gasteiger partial charge in [-0.2, -0.15) is 0 Å². The number of amides is 1. The van der Waals surface area contributed by atoms with Crippen molar-refractivity contribution in [3.63, 3.8) is 0 Å². The van der Waals surface area contributed by atoms with Crippen LogP contribution in [0.5, 0.6) is 0 Å². The largest absolute Gasteiger partial charge is 0.330 e. The van der Waals surface area contributed by atoms with Gasteiger partial charge < -0.3 is 11.1 Å². The third-order valence-corrected chi connectivity index (χ3v) is 2.63. The third kappa shape index (κ3) is 3.35. The van der Waals surface area contributed by atoms with Gasteiger partial charge in [0, 0.05) is 24.7 Å². The van der Waals surface area contributed by atoms with Gasteiger partial charge >= 0.3 is 0 Å². The molecule has 0 spiro atoms. The fourth-order valence-electron chi connectivity index (χ4n) is 1.70. The second kappa shape index (κ2) is 6.05. The van der Waals surface area contributed by atoms with Crippen molar-refractivity contribution in [2.45, 2.75) is 12.8 Å². The SMILES string of the molecule is Cn1nnnc1-c1cccc(NC(=O)CCCN)c1. The van der Waals surface area contributed by atoms with Crippen LogP contribution in [0.2, 0.25) is 0 Å². The molecule has 0 saturated carbocycles. The van der Waals surface area contributed by atoms with Gasteiger partial charge in [0.2, 0.25) is 5.91 Å². The van der Waals surface area contributed by atoms with Gasteiger partial charge in [0.1, 0.15) is 0 Å². The molecule has 0 bridgehead atoms. The molecule has 7 heteroatoms. The number of benzene rings is 1. The summed E-state index contributed by atoms with van der Waals surface area (Å²) in [6.07, 6.45) is 1.10. The van der Waals surface area contributed by atoms with E-state index in [1.54, 1.807) is 11.7 Å². The summed E-state index contributed by atoms with van der Waals surface area (Å²) in [6, 6.07) is 7.41. The van der Waals surface area contributed by atoms with Crippen LogP contribution in [0.3, 0.4) is 0 Å². The number of nitrogens with one attached hydrogen (secondary N) is 1. The number of hydrogen-bond donors (Lipinski definition) is 2. The van der Waals surface area contributed by atoms with Gasteiger partial charge in [-0.25, -0.2) is 4.68 Å². The van der Waals surface area contributed by atoms with Crippen LogP contribution >= 0.6 is 0 Å². The van der Waals surface area contributed by atoms with Crippen LogP contribution in [0.4, 0.5) is 5.69 Å². The Labute approximate surface area is 110 Å². The molecule has 0 aliphatic rings. The molecule has 2 aromatic rings. The lowest BCUT2D eigenvalue weighted by Gasteiger charge is -2.06. The van der Waals surface area contributed by atoms with E-state index < -0.39 is 0 Å². The van der Waals surface area contributed by atoms with Crippen LogP contribution in [0.15, 0.2) is 24.3 Å². The summed E-state index contributed by atoms with van der Waals surface area (Å²) in [4.78, 5) is 11.6. The first-order valence-electron chi connectivity index (χ1n) is 6.03. The smallest absolute Gasteiger partial charge is 0.224 e. The quantitative estimate of drug-likeness (QED) is 0.818. The van der Waals surface area contributed by atoms with Crippen molar-refractivity contribution in [3.05, 3.63) is 24.3 Å². The Balaban J connectivity index is 2.12. The van der Waals surface area contributed by atoms with Crippen molar-refractivity contribution in [2.24, 2.45) is 12.8 Å². The Morgan fingerprint density at radius 1 is 1.47 bits per heavy atom. The molecule has 0 saturated heterocycles. The minimum Gasteiger partial charge on any atom is -0.330 e. The normalized spacial score (nSPS) is 10.4. The Hall–Kier alpha value is -2.28. The fourth-order valence-corrected chi connectivity index (χ4v) is 1.70. The van der Waals surface area contributed by atoms with Crippen LogP contribution in [-0.2, 0) is 11.8 Å². The number of hydrogen-bond acceptors (Lipinski definition) is 5. The molecule has 1 aromatic carbocycles. The van der Waals surface area contributed by atoms with Gasteiger partial charge in [0.05, 0.1) is 0 Å². The Morgan fingerprint density at radius 3 is 3.00 bits per heavy atom. The highest BCUT2D eigenvalue weighted by molar-refractivity contribution is 5.91. The summed E-state index contributed by atoms with van der Waals surface area (Å²) in [5.41, 5.74) is 6.95. The second-order valence-electron chi connectivity index (χ2n) is 4.15. The molecule has 0 atom stereocenters. The zero-order valence-corrected chi connectivity index (χ0v) is 10.7. The Bertz CT molecular complexity index is 565. The first-order valence-corrected chi connectivity index (χ1v) is 6.03. The molecule has 1 heterocycles. The molecule has 3 N–H and O–H groups in total. The van der Waals surface area contributed by atoms with Crippen molar-refractivity contribution in [1.29, 1.82) is 0 Å².